The number of aliphatic hydroxyl groups is 2. The Morgan fingerprint density at radius 1 is 1.44 bits per heavy atom. The molecule has 0 saturated carbocycles. The molecule has 0 spiro atoms. The largest absolute Gasteiger partial charge is 0.340 e. The van der Waals surface area contributed by atoms with E-state index in [-0.39, 0.29) is 6.61 Å². The number of hydrogen-bond donors (Lipinski definition) is 2. The fourth-order valence-corrected chi connectivity index (χ4v) is 0.240. The molecule has 0 aliphatic rings. The molecule has 52 valence electrons. The highest BCUT2D eigenvalue weighted by Gasteiger charge is 2.16. The molecule has 0 rings (SSSR count). The van der Waals surface area contributed by atoms with Crippen LogP contribution in [0.5, 0.6) is 0 Å². The molecule has 0 saturated heterocycles. The smallest absolute Gasteiger partial charge is 0.299 e. The van der Waals surface area contributed by atoms with Crippen LogP contribution in [-0.2, 0) is 4.74 Å². The molecule has 0 radical (unpaired) electrons. The fraction of sp³-hybridized carbons (Fsp3) is 0.333. The molecule has 0 amide bonds. The topological polar surface area (TPSA) is 49.7 Å². The molecule has 0 fully saturated rings. The Kier molecular flexibility index (Phi) is 3.16. The van der Waals surface area contributed by atoms with Crippen molar-refractivity contribution in [3.8, 4) is 0 Å². The summed E-state index contributed by atoms with van der Waals surface area (Å²) in [6, 6.07) is 0. The first kappa shape index (κ1) is 8.36. The molecule has 0 bridgehead atoms. The molecule has 0 aromatic carbocycles. The van der Waals surface area contributed by atoms with Gasteiger partial charge >= 0.3 is 0 Å². The first-order valence-electron chi connectivity index (χ1n) is 2.45. The Morgan fingerprint density at radius 2 is 2.00 bits per heavy atom. The van der Waals surface area contributed by atoms with E-state index >= 15 is 0 Å². The summed E-state index contributed by atoms with van der Waals surface area (Å²) in [5.41, 5.74) is 0. The van der Waals surface area contributed by atoms with Crippen LogP contribution in [0.1, 0.15) is 0 Å². The molecule has 3 heteroatoms. The van der Waals surface area contributed by atoms with Crippen LogP contribution in [0, 0.1) is 0 Å². The van der Waals surface area contributed by atoms with Crippen LogP contribution in [0.2, 0.25) is 0 Å². The summed E-state index contributed by atoms with van der Waals surface area (Å²) in [5, 5.41) is 17.2. The zero-order valence-corrected chi connectivity index (χ0v) is 5.08. The minimum atomic E-state index is -2.21. The van der Waals surface area contributed by atoms with Gasteiger partial charge in [0.05, 0.1) is 6.61 Å². The normalized spacial score (nSPS) is 10.9. The van der Waals surface area contributed by atoms with Crippen LogP contribution >= 0.6 is 0 Å². The lowest BCUT2D eigenvalue weighted by molar-refractivity contribution is -0.297. The van der Waals surface area contributed by atoms with Crippen LogP contribution in [0.4, 0.5) is 0 Å². The van der Waals surface area contributed by atoms with Crippen LogP contribution in [0.3, 0.4) is 0 Å². The Hall–Kier alpha value is -0.640. The van der Waals surface area contributed by atoms with Crippen molar-refractivity contribution in [2.24, 2.45) is 0 Å². The molecular weight excluding hydrogens is 120 g/mol. The standard InChI is InChI=1S/C6H10O3/c1-3-5-9-6(7,8)4-2/h3-4,7-8H,1-2,5H2. The van der Waals surface area contributed by atoms with Crippen molar-refractivity contribution in [1.82, 2.24) is 0 Å². The SMILES string of the molecule is C=CCOC(O)(O)C=C. The maximum atomic E-state index is 8.62. The monoisotopic (exact) mass is 130 g/mol. The maximum Gasteiger partial charge on any atom is 0.299 e. The van der Waals surface area contributed by atoms with Gasteiger partial charge in [0.2, 0.25) is 0 Å². The van der Waals surface area contributed by atoms with E-state index in [2.05, 4.69) is 17.9 Å². The summed E-state index contributed by atoms with van der Waals surface area (Å²) >= 11 is 0. The van der Waals surface area contributed by atoms with E-state index in [0.717, 1.165) is 6.08 Å². The number of ether oxygens (including phenoxy) is 1. The van der Waals surface area contributed by atoms with Crippen molar-refractivity contribution in [3.63, 3.8) is 0 Å². The van der Waals surface area contributed by atoms with Gasteiger partial charge in [-0.1, -0.05) is 12.7 Å². The van der Waals surface area contributed by atoms with Gasteiger partial charge in [-0.2, -0.15) is 0 Å². The van der Waals surface area contributed by atoms with Crippen LogP contribution in [-0.4, -0.2) is 22.8 Å². The van der Waals surface area contributed by atoms with E-state index < -0.39 is 5.97 Å². The van der Waals surface area contributed by atoms with E-state index in [1.54, 1.807) is 0 Å². The average molecular weight is 130 g/mol. The highest BCUT2D eigenvalue weighted by atomic mass is 16.8. The summed E-state index contributed by atoms with van der Waals surface area (Å²) in [6.45, 7) is 6.52. The third-order valence-corrected chi connectivity index (χ3v) is 0.680. The van der Waals surface area contributed by atoms with Crippen molar-refractivity contribution < 1.29 is 14.9 Å². The van der Waals surface area contributed by atoms with Gasteiger partial charge in [-0.25, -0.2) is 0 Å². The lowest BCUT2D eigenvalue weighted by Crippen LogP contribution is -2.28. The number of rotatable bonds is 4. The van der Waals surface area contributed by atoms with Crippen molar-refractivity contribution >= 4 is 0 Å². The van der Waals surface area contributed by atoms with E-state index in [1.165, 1.54) is 6.08 Å². The third kappa shape index (κ3) is 3.90. The molecule has 0 unspecified atom stereocenters. The Labute approximate surface area is 53.9 Å². The third-order valence-electron chi connectivity index (χ3n) is 0.680. The van der Waals surface area contributed by atoms with E-state index in [9.17, 15) is 0 Å². The summed E-state index contributed by atoms with van der Waals surface area (Å²) in [4.78, 5) is 0. The van der Waals surface area contributed by atoms with Gasteiger partial charge in [0, 0.05) is 0 Å². The quantitative estimate of drug-likeness (QED) is 0.416. The van der Waals surface area contributed by atoms with Gasteiger partial charge in [0.25, 0.3) is 5.97 Å². The average Bonchev–Trinajstić information content (AvgIpc) is 1.84. The first-order chi connectivity index (χ1) is 4.12. The lowest BCUT2D eigenvalue weighted by atomic mass is 10.5. The van der Waals surface area contributed by atoms with Gasteiger partial charge in [0.1, 0.15) is 0 Å². The van der Waals surface area contributed by atoms with Gasteiger partial charge in [-0.15, -0.1) is 6.58 Å². The molecule has 0 heterocycles. The molecule has 0 aliphatic carbocycles. The summed E-state index contributed by atoms with van der Waals surface area (Å²) < 4.78 is 4.40. The van der Waals surface area contributed by atoms with E-state index in [4.69, 9.17) is 10.2 Å². The number of hydrogen-bond acceptors (Lipinski definition) is 3. The van der Waals surface area contributed by atoms with Gasteiger partial charge in [-0.05, 0) is 6.08 Å². The van der Waals surface area contributed by atoms with Crippen molar-refractivity contribution in [2.75, 3.05) is 6.61 Å². The van der Waals surface area contributed by atoms with Crippen molar-refractivity contribution in [2.45, 2.75) is 5.97 Å². The maximum absolute atomic E-state index is 8.62. The summed E-state index contributed by atoms with van der Waals surface area (Å²) in [6.07, 6.45) is 2.29. The molecule has 0 aromatic heterocycles. The Morgan fingerprint density at radius 3 is 2.33 bits per heavy atom. The van der Waals surface area contributed by atoms with Crippen LogP contribution in [0.25, 0.3) is 0 Å². The first-order valence-corrected chi connectivity index (χ1v) is 2.45. The molecule has 0 aromatic rings. The predicted molar refractivity (Wildman–Crippen MR) is 33.5 cm³/mol. The van der Waals surface area contributed by atoms with Gasteiger partial charge < -0.3 is 14.9 Å². The molecule has 0 aliphatic heterocycles. The zero-order valence-electron chi connectivity index (χ0n) is 5.08. The molecule has 9 heavy (non-hydrogen) atoms. The Bertz CT molecular complexity index is 107. The zero-order chi connectivity index (χ0) is 7.33. The minimum Gasteiger partial charge on any atom is -0.340 e. The Balaban J connectivity index is 3.57. The second-order valence-corrected chi connectivity index (χ2v) is 1.46. The molecule has 3 nitrogen and oxygen atoms in total. The summed E-state index contributed by atoms with van der Waals surface area (Å²) in [5.74, 6) is -2.21. The van der Waals surface area contributed by atoms with Gasteiger partial charge in [0.15, 0.2) is 0 Å². The minimum absolute atomic E-state index is 0.0824. The van der Waals surface area contributed by atoms with Crippen LogP contribution < -0.4 is 0 Å². The lowest BCUT2D eigenvalue weighted by Gasteiger charge is -2.15. The molecule has 2 N–H and O–H groups in total. The van der Waals surface area contributed by atoms with Crippen molar-refractivity contribution in [3.05, 3.63) is 25.3 Å². The second kappa shape index (κ2) is 3.40. The van der Waals surface area contributed by atoms with Gasteiger partial charge in [-0.3, -0.25) is 0 Å². The molecule has 0 atom stereocenters. The highest BCUT2D eigenvalue weighted by Crippen LogP contribution is 2.00. The molecular formula is C6H10O3. The fourth-order valence-electron chi connectivity index (χ4n) is 0.240. The van der Waals surface area contributed by atoms with Crippen LogP contribution in [0.15, 0.2) is 25.3 Å². The van der Waals surface area contributed by atoms with Crippen molar-refractivity contribution in [1.29, 1.82) is 0 Å². The second-order valence-electron chi connectivity index (χ2n) is 1.46. The summed E-state index contributed by atoms with van der Waals surface area (Å²) in [7, 11) is 0. The van der Waals surface area contributed by atoms with E-state index in [1.807, 2.05) is 0 Å². The highest BCUT2D eigenvalue weighted by molar-refractivity contribution is 4.78. The van der Waals surface area contributed by atoms with E-state index in [0.29, 0.717) is 0 Å². The predicted octanol–water partition coefficient (Wildman–Crippen LogP) is 0.0134.